The highest BCUT2D eigenvalue weighted by Gasteiger charge is 2.17. The van der Waals surface area contributed by atoms with Gasteiger partial charge in [0.25, 0.3) is 0 Å². The van der Waals surface area contributed by atoms with Crippen molar-refractivity contribution < 1.29 is 0 Å². The summed E-state index contributed by atoms with van der Waals surface area (Å²) in [7, 11) is 4.31. The van der Waals surface area contributed by atoms with Crippen LogP contribution in [-0.4, -0.2) is 62.7 Å². The van der Waals surface area contributed by atoms with Gasteiger partial charge in [0, 0.05) is 12.6 Å². The highest BCUT2D eigenvalue weighted by Crippen LogP contribution is 2.10. The number of piperidine rings is 1. The summed E-state index contributed by atoms with van der Waals surface area (Å²) in [6, 6.07) is 0.743. The van der Waals surface area contributed by atoms with Crippen molar-refractivity contribution in [1.29, 1.82) is 0 Å². The average Bonchev–Trinajstić information content (AvgIpc) is 2.25. The van der Waals surface area contributed by atoms with Gasteiger partial charge in [0.1, 0.15) is 0 Å². The second-order valence-corrected chi connectivity index (χ2v) is 5.21. The van der Waals surface area contributed by atoms with Crippen molar-refractivity contribution in [1.82, 2.24) is 15.1 Å². The number of unbranched alkanes of at least 4 members (excludes halogenated alkanes) is 1. The summed E-state index contributed by atoms with van der Waals surface area (Å²) in [5, 5.41) is 3.57. The minimum Gasteiger partial charge on any atom is -0.313 e. The molecule has 3 nitrogen and oxygen atoms in total. The predicted molar refractivity (Wildman–Crippen MR) is 70.9 cm³/mol. The Kier molecular flexibility index (Phi) is 7.01. The Morgan fingerprint density at radius 3 is 2.81 bits per heavy atom. The van der Waals surface area contributed by atoms with Crippen molar-refractivity contribution in [2.75, 3.05) is 46.8 Å². The van der Waals surface area contributed by atoms with E-state index in [4.69, 9.17) is 0 Å². The summed E-state index contributed by atoms with van der Waals surface area (Å²) in [4.78, 5) is 4.91. The average molecular weight is 227 g/mol. The molecule has 0 amide bonds. The van der Waals surface area contributed by atoms with Gasteiger partial charge < -0.3 is 15.1 Å². The van der Waals surface area contributed by atoms with E-state index in [9.17, 15) is 0 Å². The van der Waals surface area contributed by atoms with Crippen molar-refractivity contribution in [3.8, 4) is 0 Å². The number of likely N-dealkylation sites (N-methyl/N-ethyl adjacent to an activating group) is 1. The van der Waals surface area contributed by atoms with Crippen molar-refractivity contribution >= 4 is 0 Å². The Bertz CT molecular complexity index is 169. The zero-order valence-electron chi connectivity index (χ0n) is 11.3. The molecule has 0 radical (unpaired) electrons. The number of nitrogens with zero attached hydrogens (tertiary/aromatic N) is 2. The van der Waals surface area contributed by atoms with Crippen LogP contribution in [0, 0.1) is 0 Å². The van der Waals surface area contributed by atoms with Crippen LogP contribution < -0.4 is 5.32 Å². The second-order valence-electron chi connectivity index (χ2n) is 5.21. The predicted octanol–water partition coefficient (Wildman–Crippen LogP) is 1.40. The van der Waals surface area contributed by atoms with Gasteiger partial charge >= 0.3 is 0 Å². The highest BCUT2D eigenvalue weighted by atomic mass is 15.2. The molecule has 1 atom stereocenters. The molecule has 1 heterocycles. The first-order chi connectivity index (χ1) is 7.72. The summed E-state index contributed by atoms with van der Waals surface area (Å²) in [5.74, 6) is 0. The van der Waals surface area contributed by atoms with Gasteiger partial charge in [-0.2, -0.15) is 0 Å². The molecule has 1 rings (SSSR count). The summed E-state index contributed by atoms with van der Waals surface area (Å²) in [6.45, 7) is 8.40. The fourth-order valence-electron chi connectivity index (χ4n) is 2.48. The second kappa shape index (κ2) is 8.04. The molecule has 1 unspecified atom stereocenters. The molecule has 0 aromatic rings. The lowest BCUT2D eigenvalue weighted by Gasteiger charge is -2.33. The standard InChI is InChI=1S/C13H29N3/c1-4-14-13-8-7-11-16(12-13)10-6-5-9-15(2)3/h13-14H,4-12H2,1-3H3. The maximum atomic E-state index is 3.57. The van der Waals surface area contributed by atoms with E-state index in [0.29, 0.717) is 0 Å². The molecule has 0 aromatic heterocycles. The smallest absolute Gasteiger partial charge is 0.0195 e. The van der Waals surface area contributed by atoms with Gasteiger partial charge in [0.2, 0.25) is 0 Å². The van der Waals surface area contributed by atoms with E-state index in [2.05, 4.69) is 36.1 Å². The topological polar surface area (TPSA) is 18.5 Å². The maximum absolute atomic E-state index is 3.57. The van der Waals surface area contributed by atoms with Gasteiger partial charge in [0.15, 0.2) is 0 Å². The molecule has 0 bridgehead atoms. The van der Waals surface area contributed by atoms with E-state index in [1.165, 1.54) is 51.9 Å². The third-order valence-electron chi connectivity index (χ3n) is 3.33. The summed E-state index contributed by atoms with van der Waals surface area (Å²) < 4.78 is 0. The van der Waals surface area contributed by atoms with Gasteiger partial charge in [-0.05, 0) is 66.0 Å². The van der Waals surface area contributed by atoms with Crippen molar-refractivity contribution in [3.05, 3.63) is 0 Å². The fraction of sp³-hybridized carbons (Fsp3) is 1.00. The largest absolute Gasteiger partial charge is 0.313 e. The molecule has 16 heavy (non-hydrogen) atoms. The third kappa shape index (κ3) is 5.83. The molecule has 1 fully saturated rings. The monoisotopic (exact) mass is 227 g/mol. The van der Waals surface area contributed by atoms with Crippen LogP contribution in [0.1, 0.15) is 32.6 Å². The van der Waals surface area contributed by atoms with E-state index in [-0.39, 0.29) is 0 Å². The van der Waals surface area contributed by atoms with Crippen molar-refractivity contribution in [2.45, 2.75) is 38.6 Å². The van der Waals surface area contributed by atoms with E-state index < -0.39 is 0 Å². The number of rotatable bonds is 7. The van der Waals surface area contributed by atoms with Crippen LogP contribution in [0.5, 0.6) is 0 Å². The minimum absolute atomic E-state index is 0.743. The molecule has 1 N–H and O–H groups in total. The van der Waals surface area contributed by atoms with E-state index in [1.807, 2.05) is 0 Å². The van der Waals surface area contributed by atoms with Gasteiger partial charge in [0.05, 0.1) is 0 Å². The van der Waals surface area contributed by atoms with Crippen LogP contribution in [0.4, 0.5) is 0 Å². The van der Waals surface area contributed by atoms with Gasteiger partial charge in [-0.25, -0.2) is 0 Å². The number of hydrogen-bond donors (Lipinski definition) is 1. The normalized spacial score (nSPS) is 22.9. The molecular formula is C13H29N3. The van der Waals surface area contributed by atoms with Crippen molar-refractivity contribution in [3.63, 3.8) is 0 Å². The molecule has 1 aliphatic rings. The van der Waals surface area contributed by atoms with Gasteiger partial charge in [-0.1, -0.05) is 6.92 Å². The van der Waals surface area contributed by atoms with Crippen LogP contribution >= 0.6 is 0 Å². The fourth-order valence-corrected chi connectivity index (χ4v) is 2.48. The van der Waals surface area contributed by atoms with Gasteiger partial charge in [-0.3, -0.25) is 0 Å². The lowest BCUT2D eigenvalue weighted by atomic mass is 10.1. The molecule has 0 saturated carbocycles. The molecule has 0 aliphatic carbocycles. The Hall–Kier alpha value is -0.120. The van der Waals surface area contributed by atoms with Crippen LogP contribution in [0.2, 0.25) is 0 Å². The first kappa shape index (κ1) is 13.9. The molecule has 3 heteroatoms. The van der Waals surface area contributed by atoms with Crippen LogP contribution in [0.15, 0.2) is 0 Å². The number of nitrogens with one attached hydrogen (secondary N) is 1. The Labute approximate surface area is 101 Å². The van der Waals surface area contributed by atoms with E-state index in [1.54, 1.807) is 0 Å². The number of likely N-dealkylation sites (tertiary alicyclic amines) is 1. The Morgan fingerprint density at radius 2 is 2.12 bits per heavy atom. The van der Waals surface area contributed by atoms with Crippen LogP contribution in [0.3, 0.4) is 0 Å². The SMILES string of the molecule is CCNC1CCCN(CCCCN(C)C)C1. The molecule has 1 saturated heterocycles. The highest BCUT2D eigenvalue weighted by molar-refractivity contribution is 4.77. The zero-order valence-corrected chi connectivity index (χ0v) is 11.3. The molecule has 96 valence electrons. The van der Waals surface area contributed by atoms with Crippen molar-refractivity contribution in [2.24, 2.45) is 0 Å². The molecule has 1 aliphatic heterocycles. The Balaban J connectivity index is 2.07. The summed E-state index contributed by atoms with van der Waals surface area (Å²) >= 11 is 0. The first-order valence-electron chi connectivity index (χ1n) is 6.83. The number of hydrogen-bond acceptors (Lipinski definition) is 3. The Morgan fingerprint density at radius 1 is 1.31 bits per heavy atom. The zero-order chi connectivity index (χ0) is 11.8. The maximum Gasteiger partial charge on any atom is 0.0195 e. The first-order valence-corrected chi connectivity index (χ1v) is 6.83. The summed E-state index contributed by atoms with van der Waals surface area (Å²) in [5.41, 5.74) is 0. The lowest BCUT2D eigenvalue weighted by molar-refractivity contribution is 0.187. The molecule has 0 aromatic carbocycles. The van der Waals surface area contributed by atoms with Crippen LogP contribution in [0.25, 0.3) is 0 Å². The van der Waals surface area contributed by atoms with Gasteiger partial charge in [-0.15, -0.1) is 0 Å². The third-order valence-corrected chi connectivity index (χ3v) is 3.33. The summed E-state index contributed by atoms with van der Waals surface area (Å²) in [6.07, 6.45) is 5.40. The quantitative estimate of drug-likeness (QED) is 0.663. The van der Waals surface area contributed by atoms with E-state index in [0.717, 1.165) is 12.6 Å². The minimum atomic E-state index is 0.743. The molecule has 0 spiro atoms. The van der Waals surface area contributed by atoms with E-state index >= 15 is 0 Å². The lowest BCUT2D eigenvalue weighted by Crippen LogP contribution is -2.45. The molecular weight excluding hydrogens is 198 g/mol. The van der Waals surface area contributed by atoms with Crippen LogP contribution in [-0.2, 0) is 0 Å².